The van der Waals surface area contributed by atoms with Crippen molar-refractivity contribution in [1.82, 2.24) is 10.2 Å². The molecule has 0 spiro atoms. The maximum atomic E-state index is 12.2. The number of benzene rings is 1. The fraction of sp³-hybridized carbons (Fsp3) is 0.429. The van der Waals surface area contributed by atoms with Crippen LogP contribution in [0.4, 0.5) is 10.5 Å². The second kappa shape index (κ2) is 6.21. The van der Waals surface area contributed by atoms with E-state index >= 15 is 0 Å². The molecule has 0 unspecified atom stereocenters. The monoisotopic (exact) mass is 321 g/mol. The lowest BCUT2D eigenvalue weighted by molar-refractivity contribution is -0.384. The Morgan fingerprint density at radius 3 is 2.83 bits per heavy atom. The second-order valence-corrected chi connectivity index (χ2v) is 5.38. The Bertz CT molecular complexity index is 632. The molecule has 0 saturated carbocycles. The summed E-state index contributed by atoms with van der Waals surface area (Å²) < 4.78 is 10.6. The van der Waals surface area contributed by atoms with E-state index in [1.165, 1.54) is 29.2 Å². The smallest absolute Gasteiger partial charge is 0.410 e. The number of carbonyl (C=O) groups excluding carboxylic acids is 2. The Morgan fingerprint density at radius 1 is 1.39 bits per heavy atom. The van der Waals surface area contributed by atoms with Crippen LogP contribution in [-0.4, -0.2) is 53.7 Å². The summed E-state index contributed by atoms with van der Waals surface area (Å²) in [6.45, 7) is 0.819. The molecule has 1 N–H and O–H groups in total. The standard InChI is InChI=1S/C14H15N3O6/c18-13-8-22-12-5-6-16(7-11(12)15-13)14(19)23-10-3-1-9(2-4-10)17(20)21/h1-4,11-12H,5-8H2,(H,15,18)/t11-,12+/m1/s1. The van der Waals surface area contributed by atoms with Gasteiger partial charge in [0.15, 0.2) is 0 Å². The van der Waals surface area contributed by atoms with Crippen LogP contribution in [0.2, 0.25) is 0 Å². The Kier molecular flexibility index (Phi) is 4.11. The quantitative estimate of drug-likeness (QED) is 0.633. The molecule has 23 heavy (non-hydrogen) atoms. The largest absolute Gasteiger partial charge is 0.415 e. The molecule has 2 heterocycles. The zero-order chi connectivity index (χ0) is 16.4. The molecule has 2 atom stereocenters. The van der Waals surface area contributed by atoms with Gasteiger partial charge in [0.05, 0.1) is 17.1 Å². The van der Waals surface area contributed by atoms with E-state index in [4.69, 9.17) is 9.47 Å². The summed E-state index contributed by atoms with van der Waals surface area (Å²) in [5, 5.41) is 13.4. The summed E-state index contributed by atoms with van der Waals surface area (Å²) in [7, 11) is 0. The molecule has 2 aliphatic rings. The van der Waals surface area contributed by atoms with Crippen LogP contribution in [0, 0.1) is 10.1 Å². The lowest BCUT2D eigenvalue weighted by atomic mass is 10.0. The van der Waals surface area contributed by atoms with Crippen molar-refractivity contribution in [2.24, 2.45) is 0 Å². The van der Waals surface area contributed by atoms with Crippen LogP contribution < -0.4 is 10.1 Å². The molecule has 9 nitrogen and oxygen atoms in total. The highest BCUT2D eigenvalue weighted by molar-refractivity contribution is 5.78. The molecular weight excluding hydrogens is 306 g/mol. The van der Waals surface area contributed by atoms with Crippen molar-refractivity contribution in [3.8, 4) is 5.75 Å². The van der Waals surface area contributed by atoms with Gasteiger partial charge in [0.1, 0.15) is 12.4 Å². The molecule has 2 amide bonds. The zero-order valence-electron chi connectivity index (χ0n) is 12.1. The normalized spacial score (nSPS) is 23.7. The van der Waals surface area contributed by atoms with E-state index in [9.17, 15) is 19.7 Å². The molecule has 0 bridgehead atoms. The van der Waals surface area contributed by atoms with E-state index in [2.05, 4.69) is 5.32 Å². The maximum Gasteiger partial charge on any atom is 0.415 e. The van der Waals surface area contributed by atoms with E-state index in [0.717, 1.165) is 0 Å². The number of hydrogen-bond acceptors (Lipinski definition) is 6. The first-order valence-electron chi connectivity index (χ1n) is 7.15. The van der Waals surface area contributed by atoms with Gasteiger partial charge < -0.3 is 19.7 Å². The number of non-ortho nitro benzene ring substituents is 1. The van der Waals surface area contributed by atoms with Crippen molar-refractivity contribution >= 4 is 17.7 Å². The van der Waals surface area contributed by atoms with Gasteiger partial charge in [0.25, 0.3) is 5.69 Å². The van der Waals surface area contributed by atoms with Crippen molar-refractivity contribution in [3.63, 3.8) is 0 Å². The predicted octanol–water partition coefficient (Wildman–Crippen LogP) is 0.683. The average Bonchev–Trinajstić information content (AvgIpc) is 2.54. The van der Waals surface area contributed by atoms with Gasteiger partial charge in [-0.25, -0.2) is 4.79 Å². The Hall–Kier alpha value is -2.68. The van der Waals surface area contributed by atoms with Gasteiger partial charge in [-0.2, -0.15) is 0 Å². The third-order valence-electron chi connectivity index (χ3n) is 3.84. The molecule has 0 aromatic heterocycles. The first-order valence-corrected chi connectivity index (χ1v) is 7.15. The highest BCUT2D eigenvalue weighted by Gasteiger charge is 2.36. The van der Waals surface area contributed by atoms with Crippen molar-refractivity contribution in [3.05, 3.63) is 34.4 Å². The van der Waals surface area contributed by atoms with Crippen LogP contribution in [0.1, 0.15) is 6.42 Å². The van der Waals surface area contributed by atoms with Crippen LogP contribution in [0.25, 0.3) is 0 Å². The van der Waals surface area contributed by atoms with Crippen LogP contribution in [-0.2, 0) is 9.53 Å². The van der Waals surface area contributed by atoms with E-state index in [-0.39, 0.29) is 36.1 Å². The number of nitrogens with zero attached hydrogens (tertiary/aromatic N) is 2. The van der Waals surface area contributed by atoms with E-state index in [1.807, 2.05) is 0 Å². The van der Waals surface area contributed by atoms with Gasteiger partial charge in [-0.05, 0) is 18.6 Å². The van der Waals surface area contributed by atoms with Gasteiger partial charge >= 0.3 is 6.09 Å². The molecule has 1 aromatic carbocycles. The van der Waals surface area contributed by atoms with Crippen LogP contribution in [0.15, 0.2) is 24.3 Å². The van der Waals surface area contributed by atoms with Gasteiger partial charge in [0.2, 0.25) is 5.91 Å². The SMILES string of the molecule is O=C1CO[C@H]2CCN(C(=O)Oc3ccc([N+](=O)[O-])cc3)C[C@H]2N1. The topological polar surface area (TPSA) is 111 Å². The number of ether oxygens (including phenoxy) is 2. The van der Waals surface area contributed by atoms with E-state index in [1.54, 1.807) is 0 Å². The second-order valence-electron chi connectivity index (χ2n) is 5.38. The number of nitro groups is 1. The highest BCUT2D eigenvalue weighted by Crippen LogP contribution is 2.21. The number of amides is 2. The summed E-state index contributed by atoms with van der Waals surface area (Å²) in [5.41, 5.74) is -0.0762. The number of nitrogens with one attached hydrogen (secondary N) is 1. The Balaban J connectivity index is 1.60. The molecule has 9 heteroatoms. The summed E-state index contributed by atoms with van der Waals surface area (Å²) >= 11 is 0. The zero-order valence-corrected chi connectivity index (χ0v) is 12.1. The van der Waals surface area contributed by atoms with Crippen molar-refractivity contribution in [2.45, 2.75) is 18.6 Å². The Morgan fingerprint density at radius 2 is 2.13 bits per heavy atom. The lowest BCUT2D eigenvalue weighted by Gasteiger charge is -2.40. The van der Waals surface area contributed by atoms with Crippen LogP contribution >= 0.6 is 0 Å². The molecule has 122 valence electrons. The number of rotatable bonds is 2. The van der Waals surface area contributed by atoms with Gasteiger partial charge in [-0.3, -0.25) is 14.9 Å². The van der Waals surface area contributed by atoms with E-state index < -0.39 is 11.0 Å². The fourth-order valence-corrected chi connectivity index (χ4v) is 2.67. The van der Waals surface area contributed by atoms with Crippen molar-refractivity contribution in [1.29, 1.82) is 0 Å². The molecule has 3 rings (SSSR count). The number of carbonyl (C=O) groups is 2. The molecule has 0 radical (unpaired) electrons. The first-order chi connectivity index (χ1) is 11.0. The van der Waals surface area contributed by atoms with E-state index in [0.29, 0.717) is 19.5 Å². The first kappa shape index (κ1) is 15.2. The van der Waals surface area contributed by atoms with Gasteiger partial charge in [-0.15, -0.1) is 0 Å². The fourth-order valence-electron chi connectivity index (χ4n) is 2.67. The number of likely N-dealkylation sites (tertiary alicyclic amines) is 1. The summed E-state index contributed by atoms with van der Waals surface area (Å²) in [6, 6.07) is 5.03. The molecule has 2 saturated heterocycles. The third kappa shape index (κ3) is 3.39. The minimum absolute atomic E-state index is 0.0500. The summed E-state index contributed by atoms with van der Waals surface area (Å²) in [4.78, 5) is 35.0. The van der Waals surface area contributed by atoms with Crippen LogP contribution in [0.3, 0.4) is 0 Å². The summed E-state index contributed by atoms with van der Waals surface area (Å²) in [6.07, 6.45) is -0.0337. The molecule has 2 aliphatic heterocycles. The Labute approximate surface area is 131 Å². The lowest BCUT2D eigenvalue weighted by Crippen LogP contribution is -2.61. The number of fused-ring (bicyclic) bond motifs is 1. The number of piperidine rings is 1. The molecular formula is C14H15N3O6. The predicted molar refractivity (Wildman–Crippen MR) is 77.0 cm³/mol. The molecule has 1 aromatic rings. The van der Waals surface area contributed by atoms with Crippen LogP contribution in [0.5, 0.6) is 5.75 Å². The third-order valence-corrected chi connectivity index (χ3v) is 3.84. The average molecular weight is 321 g/mol. The minimum atomic E-state index is -0.558. The highest BCUT2D eigenvalue weighted by atomic mass is 16.6. The molecule has 0 aliphatic carbocycles. The van der Waals surface area contributed by atoms with Crippen molar-refractivity contribution in [2.75, 3.05) is 19.7 Å². The number of nitro benzene ring substituents is 1. The number of hydrogen-bond donors (Lipinski definition) is 1. The maximum absolute atomic E-state index is 12.2. The number of morpholine rings is 1. The summed E-state index contributed by atoms with van der Waals surface area (Å²) in [5.74, 6) is 0.0310. The molecule has 2 fully saturated rings. The van der Waals surface area contributed by atoms with Crippen molar-refractivity contribution < 1.29 is 24.0 Å². The minimum Gasteiger partial charge on any atom is -0.410 e. The van der Waals surface area contributed by atoms with Gasteiger partial charge in [0, 0.05) is 25.2 Å². The van der Waals surface area contributed by atoms with Gasteiger partial charge in [-0.1, -0.05) is 0 Å².